The van der Waals surface area contributed by atoms with Crippen molar-refractivity contribution in [1.82, 2.24) is 0 Å². The summed E-state index contributed by atoms with van der Waals surface area (Å²) in [4.78, 5) is 12.8. The summed E-state index contributed by atoms with van der Waals surface area (Å²) in [5, 5.41) is 9.52. The van der Waals surface area contributed by atoms with Crippen LogP contribution >= 0.6 is 22.9 Å². The van der Waals surface area contributed by atoms with E-state index in [4.69, 9.17) is 16.7 Å². The third kappa shape index (κ3) is 2.72. The standard InChI is InChI=1S/C10H13ClO2S/c1-3-9-8(11)5-7(14-9)4-6(2)10(12)13/h5-6H,3-4H2,1-2H3,(H,12,13). The van der Waals surface area contributed by atoms with Crippen molar-refractivity contribution in [2.24, 2.45) is 5.92 Å². The van der Waals surface area contributed by atoms with Crippen LogP contribution in [0.4, 0.5) is 0 Å². The van der Waals surface area contributed by atoms with Crippen LogP contribution in [0.2, 0.25) is 5.02 Å². The van der Waals surface area contributed by atoms with Crippen molar-refractivity contribution in [3.63, 3.8) is 0 Å². The van der Waals surface area contributed by atoms with Crippen molar-refractivity contribution < 1.29 is 9.90 Å². The number of carboxylic acids is 1. The maximum absolute atomic E-state index is 10.6. The van der Waals surface area contributed by atoms with Gasteiger partial charge in [-0.05, 0) is 18.9 Å². The SMILES string of the molecule is CCc1sc(CC(C)C(=O)O)cc1Cl. The Bertz CT molecular complexity index is 333. The number of aliphatic carboxylic acids is 1. The zero-order chi connectivity index (χ0) is 10.7. The first-order valence-corrected chi connectivity index (χ1v) is 5.74. The number of rotatable bonds is 4. The van der Waals surface area contributed by atoms with Crippen LogP contribution in [-0.2, 0) is 17.6 Å². The van der Waals surface area contributed by atoms with Gasteiger partial charge in [0.2, 0.25) is 0 Å². The lowest BCUT2D eigenvalue weighted by Gasteiger charge is -2.02. The van der Waals surface area contributed by atoms with E-state index in [0.29, 0.717) is 6.42 Å². The molecule has 0 aliphatic heterocycles. The predicted octanol–water partition coefficient (Wildman–Crippen LogP) is 3.23. The molecule has 78 valence electrons. The molecule has 1 N–H and O–H groups in total. The summed E-state index contributed by atoms with van der Waals surface area (Å²) < 4.78 is 0. The molecule has 14 heavy (non-hydrogen) atoms. The molecule has 0 spiro atoms. The zero-order valence-electron chi connectivity index (χ0n) is 8.21. The first-order valence-electron chi connectivity index (χ1n) is 4.54. The lowest BCUT2D eigenvalue weighted by atomic mass is 10.1. The molecule has 1 heterocycles. The summed E-state index contributed by atoms with van der Waals surface area (Å²) in [6.07, 6.45) is 1.48. The number of halogens is 1. The van der Waals surface area contributed by atoms with E-state index in [1.165, 1.54) is 0 Å². The van der Waals surface area contributed by atoms with E-state index in [0.717, 1.165) is 21.2 Å². The summed E-state index contributed by atoms with van der Waals surface area (Å²) in [5.74, 6) is -1.10. The normalized spacial score (nSPS) is 12.8. The van der Waals surface area contributed by atoms with Crippen molar-refractivity contribution in [3.8, 4) is 0 Å². The number of hydrogen-bond donors (Lipinski definition) is 1. The molecule has 4 heteroatoms. The van der Waals surface area contributed by atoms with Crippen LogP contribution < -0.4 is 0 Å². The van der Waals surface area contributed by atoms with Gasteiger partial charge < -0.3 is 5.11 Å². The molecule has 0 saturated heterocycles. The second-order valence-electron chi connectivity index (χ2n) is 3.28. The molecular weight excluding hydrogens is 220 g/mol. The Hall–Kier alpha value is -0.540. The Morgan fingerprint density at radius 3 is 2.79 bits per heavy atom. The lowest BCUT2D eigenvalue weighted by Crippen LogP contribution is -2.11. The van der Waals surface area contributed by atoms with Gasteiger partial charge in [0.25, 0.3) is 0 Å². The molecule has 1 aromatic rings. The molecule has 1 rings (SSSR count). The van der Waals surface area contributed by atoms with Gasteiger partial charge in [0.1, 0.15) is 0 Å². The number of aryl methyl sites for hydroxylation is 1. The molecule has 0 aromatic carbocycles. The smallest absolute Gasteiger partial charge is 0.306 e. The van der Waals surface area contributed by atoms with Crippen molar-refractivity contribution in [2.75, 3.05) is 0 Å². The van der Waals surface area contributed by atoms with E-state index in [1.54, 1.807) is 18.3 Å². The van der Waals surface area contributed by atoms with Gasteiger partial charge in [-0.15, -0.1) is 11.3 Å². The molecule has 0 aliphatic carbocycles. The van der Waals surface area contributed by atoms with Crippen LogP contribution in [0.25, 0.3) is 0 Å². The minimum Gasteiger partial charge on any atom is -0.481 e. The fourth-order valence-electron chi connectivity index (χ4n) is 1.19. The van der Waals surface area contributed by atoms with E-state index in [9.17, 15) is 4.79 Å². The Morgan fingerprint density at radius 1 is 1.71 bits per heavy atom. The first kappa shape index (κ1) is 11.5. The van der Waals surface area contributed by atoms with Gasteiger partial charge in [-0.2, -0.15) is 0 Å². The molecule has 0 radical (unpaired) electrons. The molecule has 1 aromatic heterocycles. The highest BCUT2D eigenvalue weighted by molar-refractivity contribution is 7.12. The first-order chi connectivity index (χ1) is 6.54. The van der Waals surface area contributed by atoms with Crippen molar-refractivity contribution in [3.05, 3.63) is 20.8 Å². The average Bonchev–Trinajstić information content (AvgIpc) is 2.45. The number of carboxylic acid groups (broad SMARTS) is 1. The monoisotopic (exact) mass is 232 g/mol. The predicted molar refractivity (Wildman–Crippen MR) is 59.2 cm³/mol. The third-order valence-electron chi connectivity index (χ3n) is 2.06. The van der Waals surface area contributed by atoms with Crippen LogP contribution in [0, 0.1) is 5.92 Å². The Kier molecular flexibility index (Phi) is 3.96. The Morgan fingerprint density at radius 2 is 2.36 bits per heavy atom. The van der Waals surface area contributed by atoms with E-state index in [2.05, 4.69) is 0 Å². The molecule has 0 bridgehead atoms. The van der Waals surface area contributed by atoms with Crippen LogP contribution in [0.15, 0.2) is 6.07 Å². The minimum absolute atomic E-state index is 0.338. The minimum atomic E-state index is -0.757. The quantitative estimate of drug-likeness (QED) is 0.866. The fourth-order valence-corrected chi connectivity index (χ4v) is 2.76. The van der Waals surface area contributed by atoms with E-state index in [-0.39, 0.29) is 5.92 Å². The van der Waals surface area contributed by atoms with Gasteiger partial charge in [-0.3, -0.25) is 4.79 Å². The van der Waals surface area contributed by atoms with E-state index < -0.39 is 5.97 Å². The van der Waals surface area contributed by atoms with E-state index >= 15 is 0 Å². The molecule has 0 fully saturated rings. The van der Waals surface area contributed by atoms with Gasteiger partial charge in [0.05, 0.1) is 10.9 Å². The van der Waals surface area contributed by atoms with Crippen LogP contribution in [-0.4, -0.2) is 11.1 Å². The fraction of sp³-hybridized carbons (Fsp3) is 0.500. The van der Waals surface area contributed by atoms with Gasteiger partial charge in [0, 0.05) is 9.75 Å². The summed E-state index contributed by atoms with van der Waals surface area (Å²) in [6.45, 7) is 3.75. The summed E-state index contributed by atoms with van der Waals surface area (Å²) in [7, 11) is 0. The number of hydrogen-bond acceptors (Lipinski definition) is 2. The maximum Gasteiger partial charge on any atom is 0.306 e. The summed E-state index contributed by atoms with van der Waals surface area (Å²) in [5.41, 5.74) is 0. The van der Waals surface area contributed by atoms with Gasteiger partial charge in [-0.25, -0.2) is 0 Å². The maximum atomic E-state index is 10.6. The summed E-state index contributed by atoms with van der Waals surface area (Å²) >= 11 is 7.58. The van der Waals surface area contributed by atoms with E-state index in [1.807, 2.05) is 13.0 Å². The largest absolute Gasteiger partial charge is 0.481 e. The Labute approximate surface area is 92.5 Å². The second kappa shape index (κ2) is 4.80. The summed E-state index contributed by atoms with van der Waals surface area (Å²) in [6, 6.07) is 1.88. The van der Waals surface area contributed by atoms with Gasteiger partial charge in [0.15, 0.2) is 0 Å². The molecular formula is C10H13ClO2S. The number of thiophene rings is 1. The highest BCUT2D eigenvalue weighted by atomic mass is 35.5. The molecule has 0 saturated carbocycles. The molecule has 2 nitrogen and oxygen atoms in total. The molecule has 1 atom stereocenters. The van der Waals surface area contributed by atoms with Crippen molar-refractivity contribution in [2.45, 2.75) is 26.7 Å². The molecule has 1 unspecified atom stereocenters. The van der Waals surface area contributed by atoms with Crippen molar-refractivity contribution in [1.29, 1.82) is 0 Å². The second-order valence-corrected chi connectivity index (χ2v) is 4.91. The number of carbonyl (C=O) groups is 1. The van der Waals surface area contributed by atoms with Crippen LogP contribution in [0.5, 0.6) is 0 Å². The zero-order valence-corrected chi connectivity index (χ0v) is 9.78. The third-order valence-corrected chi connectivity index (χ3v) is 3.81. The van der Waals surface area contributed by atoms with Crippen molar-refractivity contribution >= 4 is 28.9 Å². The van der Waals surface area contributed by atoms with Crippen LogP contribution in [0.1, 0.15) is 23.6 Å². The molecule has 0 aliphatic rings. The topological polar surface area (TPSA) is 37.3 Å². The average molecular weight is 233 g/mol. The van der Waals surface area contributed by atoms with Crippen LogP contribution in [0.3, 0.4) is 0 Å². The Balaban J connectivity index is 2.72. The van der Waals surface area contributed by atoms with Gasteiger partial charge >= 0.3 is 5.97 Å². The highest BCUT2D eigenvalue weighted by Gasteiger charge is 2.14. The van der Waals surface area contributed by atoms with Gasteiger partial charge in [-0.1, -0.05) is 25.4 Å². The highest BCUT2D eigenvalue weighted by Crippen LogP contribution is 2.28. The molecule has 0 amide bonds. The lowest BCUT2D eigenvalue weighted by molar-refractivity contribution is -0.141.